The molecule has 6 nitrogen and oxygen atoms in total. The lowest BCUT2D eigenvalue weighted by atomic mass is 10.1. The monoisotopic (exact) mass is 332 g/mol. The van der Waals surface area contributed by atoms with Crippen molar-refractivity contribution < 1.29 is 19.0 Å². The number of aryl methyl sites for hydroxylation is 1. The van der Waals surface area contributed by atoms with Gasteiger partial charge in [0.15, 0.2) is 11.6 Å². The van der Waals surface area contributed by atoms with Gasteiger partial charge in [-0.15, -0.1) is 0 Å². The fraction of sp³-hybridized carbons (Fsp3) is 0.412. The molecule has 0 radical (unpaired) electrons. The van der Waals surface area contributed by atoms with Crippen molar-refractivity contribution >= 4 is 22.6 Å². The quantitative estimate of drug-likeness (QED) is 0.913. The van der Waals surface area contributed by atoms with E-state index in [1.54, 1.807) is 4.57 Å². The number of nitrogens with zero attached hydrogens (tertiary/aromatic N) is 2. The first-order valence-corrected chi connectivity index (χ1v) is 8.05. The predicted molar refractivity (Wildman–Crippen MR) is 86.7 cm³/mol. The number of rotatable bonds is 2. The Morgan fingerprint density at radius 2 is 2.29 bits per heavy atom. The van der Waals surface area contributed by atoms with Crippen molar-refractivity contribution in [3.63, 3.8) is 0 Å². The standard InChI is InChI=1S/C17H17FN2O4/c1-2-19-7-11(17(22)23)15(21)10-6-12(18)14-16(13(10)19)24-8-9-4-3-5-20(9)14/h6-7,9H,2-5,8H2,1H3,(H,22,23). The Bertz CT molecular complexity index is 921. The molecule has 2 aromatic rings. The molecule has 24 heavy (non-hydrogen) atoms. The molecule has 0 amide bonds. The van der Waals surface area contributed by atoms with E-state index in [0.717, 1.165) is 25.5 Å². The van der Waals surface area contributed by atoms with Crippen LogP contribution in [0.4, 0.5) is 10.1 Å². The molecule has 126 valence electrons. The summed E-state index contributed by atoms with van der Waals surface area (Å²) in [5.74, 6) is -1.51. The van der Waals surface area contributed by atoms with E-state index in [9.17, 15) is 19.1 Å². The fourth-order valence-electron chi connectivity index (χ4n) is 3.78. The molecule has 2 aliphatic heterocycles. The maximum atomic E-state index is 14.8. The van der Waals surface area contributed by atoms with Crippen LogP contribution >= 0.6 is 0 Å². The van der Waals surface area contributed by atoms with E-state index in [-0.39, 0.29) is 17.0 Å². The molecule has 0 aliphatic carbocycles. The Kier molecular flexibility index (Phi) is 3.26. The van der Waals surface area contributed by atoms with Gasteiger partial charge < -0.3 is 19.3 Å². The fourth-order valence-corrected chi connectivity index (χ4v) is 3.78. The number of hydrogen-bond acceptors (Lipinski definition) is 4. The minimum Gasteiger partial charge on any atom is -0.487 e. The number of ether oxygens (including phenoxy) is 1. The van der Waals surface area contributed by atoms with Crippen LogP contribution in [0.3, 0.4) is 0 Å². The van der Waals surface area contributed by atoms with Gasteiger partial charge in [-0.25, -0.2) is 9.18 Å². The summed E-state index contributed by atoms with van der Waals surface area (Å²) in [6.45, 7) is 3.49. The second kappa shape index (κ2) is 5.22. The second-order valence-electron chi connectivity index (χ2n) is 6.20. The molecule has 1 aromatic heterocycles. The Morgan fingerprint density at radius 3 is 3.00 bits per heavy atom. The summed E-state index contributed by atoms with van der Waals surface area (Å²) in [6, 6.07) is 1.31. The summed E-state index contributed by atoms with van der Waals surface area (Å²) in [7, 11) is 0. The molecule has 4 rings (SSSR count). The summed E-state index contributed by atoms with van der Waals surface area (Å²) >= 11 is 0. The zero-order chi connectivity index (χ0) is 17.0. The van der Waals surface area contributed by atoms with E-state index in [0.29, 0.717) is 30.1 Å². The Labute approximate surface area is 137 Å². The number of anilines is 1. The number of carbonyl (C=O) groups is 1. The van der Waals surface area contributed by atoms with E-state index in [1.807, 2.05) is 11.8 Å². The zero-order valence-electron chi connectivity index (χ0n) is 13.2. The van der Waals surface area contributed by atoms with Crippen LogP contribution in [-0.4, -0.2) is 34.8 Å². The van der Waals surface area contributed by atoms with Crippen molar-refractivity contribution in [2.24, 2.45) is 0 Å². The third-order valence-corrected chi connectivity index (χ3v) is 4.90. The van der Waals surface area contributed by atoms with Crippen LogP contribution in [0.2, 0.25) is 0 Å². The summed E-state index contributed by atoms with van der Waals surface area (Å²) in [4.78, 5) is 25.8. The molecule has 1 fully saturated rings. The molecule has 0 spiro atoms. The van der Waals surface area contributed by atoms with Crippen LogP contribution in [0.1, 0.15) is 30.1 Å². The van der Waals surface area contributed by atoms with Crippen LogP contribution < -0.4 is 15.1 Å². The van der Waals surface area contributed by atoms with Gasteiger partial charge in [0, 0.05) is 19.3 Å². The van der Waals surface area contributed by atoms with Crippen molar-refractivity contribution in [2.75, 3.05) is 18.1 Å². The van der Waals surface area contributed by atoms with Crippen molar-refractivity contribution in [3.05, 3.63) is 33.9 Å². The van der Waals surface area contributed by atoms with Crippen molar-refractivity contribution in [2.45, 2.75) is 32.4 Å². The minimum absolute atomic E-state index is 0.0469. The number of aromatic carboxylic acids is 1. The van der Waals surface area contributed by atoms with Crippen molar-refractivity contribution in [1.29, 1.82) is 0 Å². The molecule has 2 aliphatic rings. The third kappa shape index (κ3) is 1.93. The van der Waals surface area contributed by atoms with E-state index >= 15 is 0 Å². The number of fused-ring (bicyclic) bond motifs is 5. The highest BCUT2D eigenvalue weighted by atomic mass is 19.1. The first-order valence-electron chi connectivity index (χ1n) is 8.05. The smallest absolute Gasteiger partial charge is 0.341 e. The maximum Gasteiger partial charge on any atom is 0.341 e. The van der Waals surface area contributed by atoms with E-state index < -0.39 is 17.2 Å². The second-order valence-corrected chi connectivity index (χ2v) is 6.20. The number of aromatic nitrogens is 1. The third-order valence-electron chi connectivity index (χ3n) is 4.90. The largest absolute Gasteiger partial charge is 0.487 e. The SMILES string of the molecule is CCn1cc(C(=O)O)c(=O)c2cc(F)c3c(c21)OCC1CCCN31. The normalized spacial score (nSPS) is 19.1. The molecule has 1 aromatic carbocycles. The van der Waals surface area contributed by atoms with E-state index in [1.165, 1.54) is 6.20 Å². The van der Waals surface area contributed by atoms with Gasteiger partial charge >= 0.3 is 5.97 Å². The topological polar surface area (TPSA) is 71.8 Å². The summed E-state index contributed by atoms with van der Waals surface area (Å²) in [5, 5.41) is 9.28. The van der Waals surface area contributed by atoms with Gasteiger partial charge in [0.25, 0.3) is 0 Å². The number of hydrogen-bond donors (Lipinski definition) is 1. The van der Waals surface area contributed by atoms with Gasteiger partial charge in [-0.05, 0) is 25.8 Å². The lowest BCUT2D eigenvalue weighted by molar-refractivity contribution is 0.0695. The first kappa shape index (κ1) is 15.0. The first-order chi connectivity index (χ1) is 11.5. The van der Waals surface area contributed by atoms with Crippen LogP contribution in [0.25, 0.3) is 10.9 Å². The zero-order valence-corrected chi connectivity index (χ0v) is 13.2. The predicted octanol–water partition coefficient (Wildman–Crippen LogP) is 2.22. The molecule has 1 unspecified atom stereocenters. The van der Waals surface area contributed by atoms with Gasteiger partial charge in [-0.2, -0.15) is 0 Å². The highest BCUT2D eigenvalue weighted by Gasteiger charge is 2.36. The summed E-state index contributed by atoms with van der Waals surface area (Å²) in [6.07, 6.45) is 3.24. The van der Waals surface area contributed by atoms with E-state index in [4.69, 9.17) is 4.74 Å². The highest BCUT2D eigenvalue weighted by molar-refractivity contribution is 5.97. The summed E-state index contributed by atoms with van der Waals surface area (Å²) in [5.41, 5.74) is -0.190. The van der Waals surface area contributed by atoms with Crippen LogP contribution in [0.5, 0.6) is 5.75 Å². The lowest BCUT2D eigenvalue weighted by Crippen LogP contribution is -2.39. The van der Waals surface area contributed by atoms with Gasteiger partial charge in [-0.3, -0.25) is 4.79 Å². The van der Waals surface area contributed by atoms with E-state index in [2.05, 4.69) is 0 Å². The molecular weight excluding hydrogens is 315 g/mol. The number of halogens is 1. The van der Waals surface area contributed by atoms with Crippen molar-refractivity contribution in [1.82, 2.24) is 4.57 Å². The molecule has 3 heterocycles. The molecule has 1 saturated heterocycles. The molecular formula is C17H17FN2O4. The maximum absolute atomic E-state index is 14.8. The number of carboxylic acid groups (broad SMARTS) is 1. The Balaban J connectivity index is 2.10. The Hall–Kier alpha value is -2.57. The highest BCUT2D eigenvalue weighted by Crippen LogP contribution is 2.44. The average Bonchev–Trinajstić information content (AvgIpc) is 3.03. The van der Waals surface area contributed by atoms with Gasteiger partial charge in [0.2, 0.25) is 5.43 Å². The minimum atomic E-state index is -1.32. The average molecular weight is 332 g/mol. The molecule has 7 heteroatoms. The number of benzene rings is 1. The molecule has 0 saturated carbocycles. The number of carboxylic acids is 1. The molecule has 0 bridgehead atoms. The van der Waals surface area contributed by atoms with Crippen LogP contribution in [0.15, 0.2) is 17.1 Å². The van der Waals surface area contributed by atoms with Crippen molar-refractivity contribution in [3.8, 4) is 5.75 Å². The number of pyridine rings is 1. The van der Waals surface area contributed by atoms with Gasteiger partial charge in [0.05, 0.1) is 16.9 Å². The lowest BCUT2D eigenvalue weighted by Gasteiger charge is -2.34. The molecule has 1 atom stereocenters. The van der Waals surface area contributed by atoms with Gasteiger partial charge in [0.1, 0.15) is 17.9 Å². The summed E-state index contributed by atoms with van der Waals surface area (Å²) < 4.78 is 22.3. The van der Waals surface area contributed by atoms with Crippen LogP contribution in [0, 0.1) is 5.82 Å². The van der Waals surface area contributed by atoms with Crippen LogP contribution in [-0.2, 0) is 6.54 Å². The Morgan fingerprint density at radius 1 is 1.50 bits per heavy atom. The van der Waals surface area contributed by atoms with Gasteiger partial charge in [-0.1, -0.05) is 0 Å². The molecule has 1 N–H and O–H groups in total.